The Kier molecular flexibility index (Phi) is 3.43. The molecular formula is C15H16N2O3. The number of nitrogens with one attached hydrogen (secondary N) is 1. The van der Waals surface area contributed by atoms with Crippen molar-refractivity contribution in [1.82, 2.24) is 9.88 Å². The number of para-hydroxylation sites is 1. The van der Waals surface area contributed by atoms with Crippen molar-refractivity contribution >= 4 is 5.91 Å². The summed E-state index contributed by atoms with van der Waals surface area (Å²) in [4.78, 5) is 17.1. The predicted octanol–water partition coefficient (Wildman–Crippen LogP) is 1.58. The Hall–Kier alpha value is -2.27. The minimum absolute atomic E-state index is 0.130. The van der Waals surface area contributed by atoms with Crippen molar-refractivity contribution in [3.05, 3.63) is 53.9 Å². The number of aliphatic hydroxyl groups excluding tert-OH is 1. The molecular weight excluding hydrogens is 256 g/mol. The number of benzene rings is 1. The van der Waals surface area contributed by atoms with Crippen LogP contribution in [0.2, 0.25) is 0 Å². The number of carbonyl (C=O) groups excluding carboxylic acids is 1. The maximum absolute atomic E-state index is 12.5. The van der Waals surface area contributed by atoms with E-state index in [-0.39, 0.29) is 18.6 Å². The van der Waals surface area contributed by atoms with E-state index in [0.717, 1.165) is 11.3 Å². The van der Waals surface area contributed by atoms with E-state index in [1.165, 1.54) is 0 Å². The smallest absolute Gasteiger partial charge is 0.270 e. The zero-order chi connectivity index (χ0) is 13.9. The summed E-state index contributed by atoms with van der Waals surface area (Å²) >= 11 is 0. The summed E-state index contributed by atoms with van der Waals surface area (Å²) in [5, 5.41) is 9.72. The maximum Gasteiger partial charge on any atom is 0.270 e. The van der Waals surface area contributed by atoms with Crippen LogP contribution in [0.4, 0.5) is 0 Å². The summed E-state index contributed by atoms with van der Waals surface area (Å²) in [7, 11) is 0. The van der Waals surface area contributed by atoms with E-state index in [9.17, 15) is 9.90 Å². The molecule has 2 heterocycles. The highest BCUT2D eigenvalue weighted by molar-refractivity contribution is 5.92. The third-order valence-corrected chi connectivity index (χ3v) is 3.51. The number of hydrogen-bond acceptors (Lipinski definition) is 3. The highest BCUT2D eigenvalue weighted by atomic mass is 16.5. The average molecular weight is 272 g/mol. The molecule has 1 atom stereocenters. The zero-order valence-electron chi connectivity index (χ0n) is 11.0. The molecule has 1 aliphatic heterocycles. The minimum atomic E-state index is -0.385. The Morgan fingerprint density at radius 2 is 2.20 bits per heavy atom. The van der Waals surface area contributed by atoms with Crippen molar-refractivity contribution in [2.24, 2.45) is 0 Å². The second kappa shape index (κ2) is 5.38. The lowest BCUT2D eigenvalue weighted by atomic mass is 10.0. The zero-order valence-corrected chi connectivity index (χ0v) is 11.0. The van der Waals surface area contributed by atoms with Crippen LogP contribution in [-0.2, 0) is 0 Å². The van der Waals surface area contributed by atoms with Crippen molar-refractivity contribution in [3.8, 4) is 5.75 Å². The molecule has 0 spiro atoms. The van der Waals surface area contributed by atoms with E-state index in [0.29, 0.717) is 18.8 Å². The molecule has 1 unspecified atom stereocenters. The largest absolute Gasteiger partial charge is 0.491 e. The van der Waals surface area contributed by atoms with E-state index in [2.05, 4.69) is 4.98 Å². The van der Waals surface area contributed by atoms with Crippen LogP contribution in [0.5, 0.6) is 5.75 Å². The van der Waals surface area contributed by atoms with Crippen LogP contribution in [0.25, 0.3) is 0 Å². The normalized spacial score (nSPS) is 18.1. The third kappa shape index (κ3) is 2.16. The van der Waals surface area contributed by atoms with Crippen LogP contribution < -0.4 is 4.74 Å². The number of aliphatic hydroxyl groups is 1. The van der Waals surface area contributed by atoms with Gasteiger partial charge in [0.15, 0.2) is 0 Å². The topological polar surface area (TPSA) is 65.6 Å². The Labute approximate surface area is 116 Å². The fourth-order valence-electron chi connectivity index (χ4n) is 2.52. The average Bonchev–Trinajstić information content (AvgIpc) is 2.94. The second-order valence-electron chi connectivity index (χ2n) is 4.67. The molecule has 0 aliphatic carbocycles. The maximum atomic E-state index is 12.5. The van der Waals surface area contributed by atoms with Crippen molar-refractivity contribution in [2.75, 3.05) is 19.8 Å². The molecule has 0 saturated heterocycles. The summed E-state index contributed by atoms with van der Waals surface area (Å²) in [5.74, 6) is 0.600. The van der Waals surface area contributed by atoms with Gasteiger partial charge >= 0.3 is 0 Å². The molecule has 1 aromatic carbocycles. The van der Waals surface area contributed by atoms with Gasteiger partial charge in [-0.15, -0.1) is 0 Å². The van der Waals surface area contributed by atoms with Gasteiger partial charge in [-0.2, -0.15) is 0 Å². The van der Waals surface area contributed by atoms with E-state index >= 15 is 0 Å². The van der Waals surface area contributed by atoms with Crippen molar-refractivity contribution in [1.29, 1.82) is 0 Å². The van der Waals surface area contributed by atoms with Crippen LogP contribution in [0, 0.1) is 0 Å². The van der Waals surface area contributed by atoms with Crippen LogP contribution in [0.3, 0.4) is 0 Å². The molecule has 2 N–H and O–H groups in total. The van der Waals surface area contributed by atoms with Gasteiger partial charge in [0.1, 0.15) is 18.1 Å². The number of carbonyl (C=O) groups is 1. The number of hydrogen-bond donors (Lipinski definition) is 2. The summed E-state index contributed by atoms with van der Waals surface area (Å²) < 4.78 is 5.66. The Morgan fingerprint density at radius 3 is 2.95 bits per heavy atom. The van der Waals surface area contributed by atoms with E-state index in [1.54, 1.807) is 23.2 Å². The molecule has 5 nitrogen and oxygen atoms in total. The summed E-state index contributed by atoms with van der Waals surface area (Å²) in [6.45, 7) is 0.727. The Morgan fingerprint density at radius 1 is 1.35 bits per heavy atom. The lowest BCUT2D eigenvalue weighted by Gasteiger charge is -2.28. The first-order chi connectivity index (χ1) is 9.81. The molecule has 1 amide bonds. The number of aromatic nitrogens is 1. The van der Waals surface area contributed by atoms with Crippen molar-refractivity contribution in [2.45, 2.75) is 6.04 Å². The first-order valence-electron chi connectivity index (χ1n) is 6.58. The van der Waals surface area contributed by atoms with Gasteiger partial charge in [0.2, 0.25) is 0 Å². The number of aromatic amines is 1. The molecule has 1 aliphatic rings. The van der Waals surface area contributed by atoms with Gasteiger partial charge < -0.3 is 19.7 Å². The Balaban J connectivity index is 1.97. The lowest BCUT2D eigenvalue weighted by molar-refractivity contribution is 0.0580. The first-order valence-corrected chi connectivity index (χ1v) is 6.58. The van der Waals surface area contributed by atoms with Gasteiger partial charge in [-0.1, -0.05) is 18.2 Å². The number of ether oxygens (including phenoxy) is 1. The van der Waals surface area contributed by atoms with Crippen LogP contribution in [0.15, 0.2) is 42.6 Å². The summed E-state index contributed by atoms with van der Waals surface area (Å²) in [6.07, 6.45) is 1.71. The molecule has 20 heavy (non-hydrogen) atoms. The molecule has 0 bridgehead atoms. The molecule has 0 fully saturated rings. The molecule has 5 heteroatoms. The third-order valence-electron chi connectivity index (χ3n) is 3.51. The molecule has 1 aromatic heterocycles. The number of amides is 1. The highest BCUT2D eigenvalue weighted by Crippen LogP contribution is 2.32. The lowest BCUT2D eigenvalue weighted by Crippen LogP contribution is -2.38. The quantitative estimate of drug-likeness (QED) is 0.872. The van der Waals surface area contributed by atoms with Crippen LogP contribution >= 0.6 is 0 Å². The van der Waals surface area contributed by atoms with Gasteiger partial charge in [-0.3, -0.25) is 4.79 Å². The fourth-order valence-corrected chi connectivity index (χ4v) is 2.52. The number of nitrogens with zero attached hydrogens (tertiary/aromatic N) is 1. The molecule has 104 valence electrons. The molecule has 0 saturated carbocycles. The van der Waals surface area contributed by atoms with Gasteiger partial charge in [0.05, 0.1) is 19.2 Å². The highest BCUT2D eigenvalue weighted by Gasteiger charge is 2.30. The molecule has 3 rings (SSSR count). The van der Waals surface area contributed by atoms with Crippen LogP contribution in [0.1, 0.15) is 22.1 Å². The molecule has 0 radical (unpaired) electrons. The van der Waals surface area contributed by atoms with Crippen molar-refractivity contribution in [3.63, 3.8) is 0 Å². The van der Waals surface area contributed by atoms with E-state index in [1.807, 2.05) is 24.3 Å². The molecule has 2 aromatic rings. The number of fused-ring (bicyclic) bond motifs is 1. The van der Waals surface area contributed by atoms with Gasteiger partial charge in [0.25, 0.3) is 5.91 Å². The standard InChI is InChI=1S/C15H16N2O3/c18-10-13-11-4-1-2-6-14(11)20-9-8-17(13)15(19)12-5-3-7-16-12/h1-7,13,16,18H,8-10H2. The number of H-pyrrole nitrogens is 1. The van der Waals surface area contributed by atoms with Gasteiger partial charge in [-0.25, -0.2) is 0 Å². The monoisotopic (exact) mass is 272 g/mol. The minimum Gasteiger partial charge on any atom is -0.491 e. The Bertz CT molecular complexity index is 595. The predicted molar refractivity (Wildman–Crippen MR) is 73.6 cm³/mol. The van der Waals surface area contributed by atoms with Gasteiger partial charge in [0, 0.05) is 11.8 Å². The summed E-state index contributed by atoms with van der Waals surface area (Å²) in [5.41, 5.74) is 1.36. The number of rotatable bonds is 2. The second-order valence-corrected chi connectivity index (χ2v) is 4.67. The summed E-state index contributed by atoms with van der Waals surface area (Å²) in [6, 6.07) is 10.6. The van der Waals surface area contributed by atoms with Crippen molar-refractivity contribution < 1.29 is 14.6 Å². The van der Waals surface area contributed by atoms with Gasteiger partial charge in [-0.05, 0) is 18.2 Å². The SMILES string of the molecule is O=C(c1ccc[nH]1)N1CCOc2ccccc2C1CO. The van der Waals surface area contributed by atoms with E-state index < -0.39 is 0 Å². The first kappa shape index (κ1) is 12.7. The van der Waals surface area contributed by atoms with Crippen LogP contribution in [-0.4, -0.2) is 40.7 Å². The van der Waals surface area contributed by atoms with E-state index in [4.69, 9.17) is 4.74 Å². The fraction of sp³-hybridized carbons (Fsp3) is 0.267.